The molecule has 0 radical (unpaired) electrons. The molecule has 3 nitrogen and oxygen atoms in total. The number of carbonyl (C=O) groups excluding carboxylic acids is 1. The van der Waals surface area contributed by atoms with Gasteiger partial charge >= 0.3 is 210 Å². The third-order valence-electron chi connectivity index (χ3n) is 6.12. The van der Waals surface area contributed by atoms with E-state index >= 15 is 0 Å². The summed E-state index contributed by atoms with van der Waals surface area (Å²) in [6, 6.07) is 37.7. The topological polar surface area (TPSA) is 35.5 Å². The van der Waals surface area contributed by atoms with Gasteiger partial charge in [-0.2, -0.15) is 0 Å². The van der Waals surface area contributed by atoms with Gasteiger partial charge in [-0.25, -0.2) is 0 Å². The van der Waals surface area contributed by atoms with Gasteiger partial charge in [-0.1, -0.05) is 0 Å². The van der Waals surface area contributed by atoms with Crippen molar-refractivity contribution in [2.24, 2.45) is 0 Å². The second-order valence-electron chi connectivity index (χ2n) is 8.10. The van der Waals surface area contributed by atoms with Gasteiger partial charge in [-0.15, -0.1) is 0 Å². The van der Waals surface area contributed by atoms with Gasteiger partial charge in [-0.05, 0) is 0 Å². The molecule has 0 N–H and O–H groups in total. The molecule has 0 aromatic heterocycles. The van der Waals surface area contributed by atoms with E-state index < -0.39 is 5.31 Å². The molecule has 174 valence electrons. The average molecular weight is 535 g/mol. The number of hydrogen-bond donors (Lipinski definition) is 0. The standard InChI is InChI=1S/C29H28BrO3P/c1-3-33-29(31)27-20-19-23(21-28(27)32-2)22-34(30,24-13-7-4-8-14-24,25-15-9-5-10-16-25)26-17-11-6-12-18-26/h4-21H,3,22H2,1-2H3. The fraction of sp³-hybridized carbons (Fsp3) is 0.138. The minimum atomic E-state index is -3.14. The van der Waals surface area contributed by atoms with E-state index in [1.54, 1.807) is 20.1 Å². The molecule has 0 unspecified atom stereocenters. The first-order valence-corrected chi connectivity index (χ1v) is 15.7. The van der Waals surface area contributed by atoms with Gasteiger partial charge in [0.1, 0.15) is 0 Å². The van der Waals surface area contributed by atoms with Crippen LogP contribution < -0.4 is 20.7 Å². The van der Waals surface area contributed by atoms with Crippen molar-refractivity contribution in [1.29, 1.82) is 0 Å². The summed E-state index contributed by atoms with van der Waals surface area (Å²) in [6.45, 7) is 2.12. The fourth-order valence-corrected chi connectivity index (χ4v) is 12.2. The van der Waals surface area contributed by atoms with Crippen molar-refractivity contribution in [3.8, 4) is 5.75 Å². The summed E-state index contributed by atoms with van der Waals surface area (Å²) in [5.74, 6) is 0.138. The number of ether oxygens (including phenoxy) is 2. The molecule has 4 aromatic rings. The van der Waals surface area contributed by atoms with Crippen LogP contribution in [0.5, 0.6) is 5.75 Å². The van der Waals surface area contributed by atoms with Crippen molar-refractivity contribution >= 4 is 42.7 Å². The van der Waals surface area contributed by atoms with Crippen molar-refractivity contribution in [1.82, 2.24) is 0 Å². The molecular formula is C29H28BrO3P. The Bertz CT molecular complexity index is 1160. The van der Waals surface area contributed by atoms with Crippen LogP contribution in [0, 0.1) is 0 Å². The zero-order chi connectivity index (χ0) is 24.0. The molecule has 0 fully saturated rings. The normalized spacial score (nSPS) is 12.4. The van der Waals surface area contributed by atoms with Crippen LogP contribution in [0.25, 0.3) is 0 Å². The minimum absolute atomic E-state index is 0.317. The van der Waals surface area contributed by atoms with Crippen molar-refractivity contribution in [2.75, 3.05) is 13.7 Å². The zero-order valence-corrected chi connectivity index (χ0v) is 21.8. The van der Waals surface area contributed by atoms with Crippen LogP contribution in [0.2, 0.25) is 0 Å². The number of carbonyl (C=O) groups is 1. The van der Waals surface area contributed by atoms with E-state index in [4.69, 9.17) is 9.47 Å². The molecule has 0 heterocycles. The molecule has 0 amide bonds. The molecule has 4 aromatic carbocycles. The first-order valence-electron chi connectivity index (χ1n) is 11.2. The third kappa shape index (κ3) is 4.29. The molecule has 0 spiro atoms. The van der Waals surface area contributed by atoms with Gasteiger partial charge in [0.15, 0.2) is 0 Å². The van der Waals surface area contributed by atoms with Gasteiger partial charge < -0.3 is 0 Å². The van der Waals surface area contributed by atoms with Crippen LogP contribution in [0.3, 0.4) is 0 Å². The summed E-state index contributed by atoms with van der Waals surface area (Å²) in [4.78, 5) is 12.4. The van der Waals surface area contributed by atoms with Crippen LogP contribution in [0.1, 0.15) is 22.8 Å². The Labute approximate surface area is 209 Å². The van der Waals surface area contributed by atoms with Crippen molar-refractivity contribution in [3.05, 3.63) is 120 Å². The number of hydrogen-bond acceptors (Lipinski definition) is 3. The molecule has 0 bridgehead atoms. The van der Waals surface area contributed by atoms with Crippen LogP contribution in [-0.4, -0.2) is 19.7 Å². The fourth-order valence-electron chi connectivity index (χ4n) is 4.49. The summed E-state index contributed by atoms with van der Waals surface area (Å²) < 4.78 is 10.8. The Morgan fingerprint density at radius 2 is 1.24 bits per heavy atom. The second-order valence-corrected chi connectivity index (χ2v) is 17.0. The van der Waals surface area contributed by atoms with E-state index in [-0.39, 0.29) is 5.97 Å². The summed E-state index contributed by atoms with van der Waals surface area (Å²) in [5, 5.41) is 0.567. The molecular weight excluding hydrogens is 507 g/mol. The Balaban J connectivity index is 1.98. The van der Waals surface area contributed by atoms with Crippen LogP contribution in [-0.2, 0) is 10.9 Å². The van der Waals surface area contributed by atoms with E-state index in [9.17, 15) is 4.79 Å². The molecule has 0 atom stereocenters. The Morgan fingerprint density at radius 1 is 0.765 bits per heavy atom. The Hall–Kier alpha value is -2.94. The number of esters is 1. The molecule has 0 saturated carbocycles. The van der Waals surface area contributed by atoms with Gasteiger partial charge in [0.2, 0.25) is 0 Å². The Kier molecular flexibility index (Phi) is 7.21. The number of methoxy groups -OCH3 is 1. The van der Waals surface area contributed by atoms with E-state index in [0.717, 1.165) is 5.56 Å². The summed E-state index contributed by atoms with van der Waals surface area (Å²) in [6.07, 6.45) is 0.711. The molecule has 4 rings (SSSR count). The monoisotopic (exact) mass is 534 g/mol. The molecule has 5 heteroatoms. The van der Waals surface area contributed by atoms with E-state index in [1.807, 2.05) is 30.3 Å². The SMILES string of the molecule is CCOC(=O)c1ccc(CP(Br)(c2ccccc2)(c2ccccc2)c2ccccc2)cc1OC. The predicted octanol–water partition coefficient (Wildman–Crippen LogP) is 6.21. The number of halogens is 1. The summed E-state index contributed by atoms with van der Waals surface area (Å²) >= 11 is 4.47. The van der Waals surface area contributed by atoms with Gasteiger partial charge in [-0.3, -0.25) is 0 Å². The number of benzene rings is 4. The molecule has 34 heavy (non-hydrogen) atoms. The molecule has 0 aliphatic rings. The summed E-state index contributed by atoms with van der Waals surface area (Å²) in [5.41, 5.74) is 1.50. The zero-order valence-electron chi connectivity index (χ0n) is 19.4. The first-order chi connectivity index (χ1) is 16.5. The van der Waals surface area contributed by atoms with Gasteiger partial charge in [0.25, 0.3) is 0 Å². The molecule has 0 saturated heterocycles. The van der Waals surface area contributed by atoms with Crippen molar-refractivity contribution in [3.63, 3.8) is 0 Å². The molecule has 0 aliphatic heterocycles. The first kappa shape index (κ1) is 24.2. The summed E-state index contributed by atoms with van der Waals surface area (Å²) in [7, 11) is 1.58. The van der Waals surface area contributed by atoms with Crippen LogP contribution in [0.15, 0.2) is 109 Å². The van der Waals surface area contributed by atoms with Gasteiger partial charge in [0.05, 0.1) is 0 Å². The van der Waals surface area contributed by atoms with E-state index in [1.165, 1.54) is 15.9 Å². The average Bonchev–Trinajstić information content (AvgIpc) is 2.90. The van der Waals surface area contributed by atoms with Gasteiger partial charge in [0, 0.05) is 0 Å². The van der Waals surface area contributed by atoms with Crippen LogP contribution >= 0.6 is 20.8 Å². The van der Waals surface area contributed by atoms with Crippen molar-refractivity contribution < 1.29 is 14.3 Å². The number of rotatable bonds is 8. The van der Waals surface area contributed by atoms with Crippen LogP contribution in [0.4, 0.5) is 0 Å². The van der Waals surface area contributed by atoms with E-state index in [2.05, 4.69) is 88.3 Å². The third-order valence-corrected chi connectivity index (χ3v) is 15.6. The second kappa shape index (κ2) is 10.1. The molecule has 0 aliphatic carbocycles. The maximum atomic E-state index is 12.4. The Morgan fingerprint density at radius 3 is 1.65 bits per heavy atom. The predicted molar refractivity (Wildman–Crippen MR) is 147 cm³/mol. The van der Waals surface area contributed by atoms with E-state index in [0.29, 0.717) is 24.1 Å². The quantitative estimate of drug-likeness (QED) is 0.199. The maximum absolute atomic E-state index is 12.4. The van der Waals surface area contributed by atoms with Crippen molar-refractivity contribution in [2.45, 2.75) is 13.1 Å².